The molecule has 0 spiro atoms. The molecule has 0 aliphatic rings. The molecule has 0 amide bonds. The molecule has 3 N–H and O–H groups in total. The third-order valence-corrected chi connectivity index (χ3v) is 17.8. The quantitative estimate of drug-likeness (QED) is 0.0222. The van der Waals surface area contributed by atoms with Gasteiger partial charge in [0.2, 0.25) is 0 Å². The van der Waals surface area contributed by atoms with E-state index >= 15 is 0 Å². The summed E-state index contributed by atoms with van der Waals surface area (Å²) in [6, 6.07) is 0. The van der Waals surface area contributed by atoms with Crippen molar-refractivity contribution in [3.63, 3.8) is 0 Å². The summed E-state index contributed by atoms with van der Waals surface area (Å²) in [4.78, 5) is 72.1. The van der Waals surface area contributed by atoms with E-state index in [-0.39, 0.29) is 25.7 Å². The number of phosphoric ester groups is 2. The van der Waals surface area contributed by atoms with Crippen LogP contribution in [0.4, 0.5) is 0 Å². The molecule has 0 aromatic carbocycles. The van der Waals surface area contributed by atoms with Crippen LogP contribution in [0.2, 0.25) is 0 Å². The molecule has 86 heavy (non-hydrogen) atoms. The van der Waals surface area contributed by atoms with Gasteiger partial charge in [0.25, 0.3) is 0 Å². The third-order valence-electron chi connectivity index (χ3n) is 15.9. The van der Waals surface area contributed by atoms with Crippen molar-refractivity contribution in [2.75, 3.05) is 39.6 Å². The number of aliphatic hydroxyl groups excluding tert-OH is 1. The smallest absolute Gasteiger partial charge is 0.462 e. The molecular weight excluding hydrogens is 1140 g/mol. The maximum Gasteiger partial charge on any atom is 0.472 e. The highest BCUT2D eigenvalue weighted by Gasteiger charge is 2.30. The van der Waals surface area contributed by atoms with Crippen LogP contribution in [-0.2, 0) is 65.4 Å². The second kappa shape index (κ2) is 60.6. The Hall–Kier alpha value is -1.94. The van der Waals surface area contributed by atoms with Crippen molar-refractivity contribution in [3.8, 4) is 0 Å². The maximum atomic E-state index is 13.0. The summed E-state index contributed by atoms with van der Waals surface area (Å²) < 4.78 is 68.0. The standard InChI is InChI=1S/C67H130O17P2/c1-6-10-13-16-18-20-22-24-25-26-27-28-30-32-38-43-48-53-67(72)84-63(57-78-65(70)51-46-41-36-34-33-35-40-44-49-60(5)9-4)59-82-86(75,76)80-55-61(68)54-79-85(73,74)81-58-62(56-77-64(69)50-45-39-15-12-8-3)83-66(71)52-47-42-37-31-29-23-21-19-17-14-11-7-2/h60-63,68H,6-59H2,1-5H3,(H,73,74)(H,75,76)/t60?,61-,62+,63+/m0/s1. The van der Waals surface area contributed by atoms with E-state index in [0.29, 0.717) is 25.7 Å². The number of phosphoric acid groups is 2. The van der Waals surface area contributed by atoms with Crippen molar-refractivity contribution in [2.45, 2.75) is 361 Å². The van der Waals surface area contributed by atoms with Crippen molar-refractivity contribution in [1.82, 2.24) is 0 Å². The van der Waals surface area contributed by atoms with Gasteiger partial charge >= 0.3 is 39.5 Å². The van der Waals surface area contributed by atoms with Crippen molar-refractivity contribution >= 4 is 39.5 Å². The third kappa shape index (κ3) is 59.7. The van der Waals surface area contributed by atoms with Crippen LogP contribution in [0.5, 0.6) is 0 Å². The minimum Gasteiger partial charge on any atom is -0.462 e. The molecule has 0 radical (unpaired) electrons. The van der Waals surface area contributed by atoms with Gasteiger partial charge in [-0.3, -0.25) is 37.3 Å². The monoisotopic (exact) mass is 1270 g/mol. The zero-order valence-corrected chi connectivity index (χ0v) is 57.2. The summed E-state index contributed by atoms with van der Waals surface area (Å²) >= 11 is 0. The highest BCUT2D eigenvalue weighted by molar-refractivity contribution is 7.47. The summed E-state index contributed by atoms with van der Waals surface area (Å²) in [5.41, 5.74) is 0. The van der Waals surface area contributed by atoms with E-state index in [1.807, 2.05) is 0 Å². The first kappa shape index (κ1) is 84.1. The average molecular weight is 1270 g/mol. The summed E-state index contributed by atoms with van der Waals surface area (Å²) in [6.07, 6.45) is 46.1. The number of hydrogen-bond donors (Lipinski definition) is 3. The van der Waals surface area contributed by atoms with E-state index in [9.17, 15) is 43.2 Å². The molecule has 0 fully saturated rings. The molecule has 0 aromatic heterocycles. The van der Waals surface area contributed by atoms with Crippen molar-refractivity contribution in [1.29, 1.82) is 0 Å². The number of carbonyl (C=O) groups excluding carboxylic acids is 4. The first-order valence-electron chi connectivity index (χ1n) is 35.2. The summed E-state index contributed by atoms with van der Waals surface area (Å²) in [5.74, 6) is -1.36. The van der Waals surface area contributed by atoms with Gasteiger partial charge in [0.05, 0.1) is 26.4 Å². The lowest BCUT2D eigenvalue weighted by molar-refractivity contribution is -0.161. The Morgan fingerprint density at radius 3 is 0.826 bits per heavy atom. The lowest BCUT2D eigenvalue weighted by Crippen LogP contribution is -2.30. The van der Waals surface area contributed by atoms with Crippen LogP contribution >= 0.6 is 15.6 Å². The van der Waals surface area contributed by atoms with Gasteiger partial charge in [0, 0.05) is 25.7 Å². The Kier molecular flexibility index (Phi) is 59.2. The van der Waals surface area contributed by atoms with Crippen LogP contribution in [0, 0.1) is 5.92 Å². The molecule has 0 aliphatic heterocycles. The molecule has 0 bridgehead atoms. The number of carbonyl (C=O) groups is 4. The molecule has 19 heteroatoms. The van der Waals surface area contributed by atoms with E-state index < -0.39 is 97.5 Å². The predicted molar refractivity (Wildman–Crippen MR) is 345 cm³/mol. The van der Waals surface area contributed by atoms with Crippen molar-refractivity contribution < 1.29 is 80.2 Å². The van der Waals surface area contributed by atoms with Crippen LogP contribution < -0.4 is 0 Å². The number of unbranched alkanes of at least 4 members (excludes halogenated alkanes) is 38. The molecule has 0 rings (SSSR count). The predicted octanol–water partition coefficient (Wildman–Crippen LogP) is 19.0. The second-order valence-electron chi connectivity index (χ2n) is 24.5. The van der Waals surface area contributed by atoms with Crippen molar-refractivity contribution in [2.24, 2.45) is 5.92 Å². The molecule has 3 unspecified atom stereocenters. The number of ether oxygens (including phenoxy) is 4. The molecule has 510 valence electrons. The van der Waals surface area contributed by atoms with Gasteiger partial charge < -0.3 is 33.8 Å². The molecule has 0 saturated carbocycles. The molecule has 0 aliphatic carbocycles. The van der Waals surface area contributed by atoms with Crippen LogP contribution in [0.15, 0.2) is 0 Å². The Labute approximate surface area is 524 Å². The van der Waals surface area contributed by atoms with Crippen LogP contribution in [0.1, 0.15) is 343 Å². The minimum absolute atomic E-state index is 0.106. The molecule has 0 saturated heterocycles. The summed E-state index contributed by atoms with van der Waals surface area (Å²) in [6.45, 7) is 7.14. The lowest BCUT2D eigenvalue weighted by atomic mass is 9.99. The fraction of sp³-hybridized carbons (Fsp3) is 0.940. The van der Waals surface area contributed by atoms with Crippen LogP contribution in [-0.4, -0.2) is 96.7 Å². The van der Waals surface area contributed by atoms with E-state index in [4.69, 9.17) is 37.0 Å². The highest BCUT2D eigenvalue weighted by Crippen LogP contribution is 2.45. The summed E-state index contributed by atoms with van der Waals surface area (Å²) in [7, 11) is -9.88. The maximum absolute atomic E-state index is 13.0. The SMILES string of the molecule is CCCCCCCCCCCCCCCCCCCC(=O)O[C@H](COC(=O)CCCCCCCCCCC(C)CC)COP(=O)(O)OC[C@@H](O)COP(=O)(O)OC[C@@H](COC(=O)CCCCCCC)OC(=O)CCCCCCCCCCCCCC. The Morgan fingerprint density at radius 2 is 0.558 bits per heavy atom. The van der Waals surface area contributed by atoms with E-state index in [2.05, 4.69) is 34.6 Å². The fourth-order valence-electron chi connectivity index (χ4n) is 10.1. The fourth-order valence-corrected chi connectivity index (χ4v) is 11.7. The van der Waals surface area contributed by atoms with Crippen LogP contribution in [0.25, 0.3) is 0 Å². The van der Waals surface area contributed by atoms with Gasteiger partial charge in [0.15, 0.2) is 12.2 Å². The zero-order valence-electron chi connectivity index (χ0n) is 55.4. The minimum atomic E-state index is -4.95. The Bertz CT molecular complexity index is 1670. The molecule has 0 aromatic rings. The number of hydrogen-bond acceptors (Lipinski definition) is 15. The summed E-state index contributed by atoms with van der Waals surface area (Å²) in [5, 5.41) is 10.5. The van der Waals surface area contributed by atoms with Gasteiger partial charge in [-0.15, -0.1) is 0 Å². The van der Waals surface area contributed by atoms with Gasteiger partial charge in [-0.25, -0.2) is 9.13 Å². The van der Waals surface area contributed by atoms with E-state index in [1.54, 1.807) is 0 Å². The first-order valence-corrected chi connectivity index (χ1v) is 38.2. The number of esters is 4. The van der Waals surface area contributed by atoms with Gasteiger partial charge in [0.1, 0.15) is 19.3 Å². The van der Waals surface area contributed by atoms with Gasteiger partial charge in [-0.2, -0.15) is 0 Å². The Morgan fingerprint density at radius 1 is 0.326 bits per heavy atom. The van der Waals surface area contributed by atoms with Gasteiger partial charge in [-0.1, -0.05) is 291 Å². The first-order chi connectivity index (χ1) is 41.6. The van der Waals surface area contributed by atoms with Crippen molar-refractivity contribution in [3.05, 3.63) is 0 Å². The molecule has 6 atom stereocenters. The lowest BCUT2D eigenvalue weighted by Gasteiger charge is -2.21. The Balaban J connectivity index is 5.16. The number of rotatable bonds is 67. The topological polar surface area (TPSA) is 237 Å². The number of aliphatic hydroxyl groups is 1. The van der Waals surface area contributed by atoms with Gasteiger partial charge in [-0.05, 0) is 31.6 Å². The molecule has 0 heterocycles. The largest absolute Gasteiger partial charge is 0.472 e. The van der Waals surface area contributed by atoms with Crippen LogP contribution in [0.3, 0.4) is 0 Å². The zero-order chi connectivity index (χ0) is 63.5. The average Bonchev–Trinajstić information content (AvgIpc) is 3.50. The normalized spacial score (nSPS) is 14.5. The second-order valence-corrected chi connectivity index (χ2v) is 27.4. The molecule has 17 nitrogen and oxygen atoms in total. The highest BCUT2D eigenvalue weighted by atomic mass is 31.2. The van der Waals surface area contributed by atoms with E-state index in [1.165, 1.54) is 161 Å². The van der Waals surface area contributed by atoms with E-state index in [0.717, 1.165) is 102 Å². The molecular formula is C67H130O17P2.